The number of benzene rings is 1. The van der Waals surface area contributed by atoms with Gasteiger partial charge >= 0.3 is 6.03 Å². The third-order valence-corrected chi connectivity index (χ3v) is 6.06. The van der Waals surface area contributed by atoms with Crippen molar-refractivity contribution in [1.29, 1.82) is 0 Å². The first-order valence-corrected chi connectivity index (χ1v) is 11.2. The SMILES string of the molecule is CN1CCC(NC(=O)Nc2nc(-c3cc(Cl)c4ncccc4c3)c(-c3ccn(C)n3)nc2N)C1. The molecular formula is C23H24ClN9O. The third-order valence-electron chi connectivity index (χ3n) is 5.77. The predicted molar refractivity (Wildman–Crippen MR) is 132 cm³/mol. The lowest BCUT2D eigenvalue weighted by Gasteiger charge is -2.16. The summed E-state index contributed by atoms with van der Waals surface area (Å²) in [6, 6.07) is 8.99. The third kappa shape index (κ3) is 4.37. The van der Waals surface area contributed by atoms with Crippen LogP contribution >= 0.6 is 11.6 Å². The Kier molecular flexibility index (Phi) is 5.76. The molecule has 0 aliphatic carbocycles. The van der Waals surface area contributed by atoms with Crippen LogP contribution in [0.1, 0.15) is 6.42 Å². The van der Waals surface area contributed by atoms with Crippen molar-refractivity contribution in [2.24, 2.45) is 7.05 Å². The number of likely N-dealkylation sites (N-methyl/N-ethyl adjacent to an activating group) is 1. The second-order valence-electron chi connectivity index (χ2n) is 8.41. The molecule has 4 N–H and O–H groups in total. The van der Waals surface area contributed by atoms with Crippen molar-refractivity contribution in [3.63, 3.8) is 0 Å². The van der Waals surface area contributed by atoms with Gasteiger partial charge < -0.3 is 16.0 Å². The number of urea groups is 1. The van der Waals surface area contributed by atoms with Gasteiger partial charge in [-0.05, 0) is 44.3 Å². The predicted octanol–water partition coefficient (Wildman–Crippen LogP) is 3.15. The van der Waals surface area contributed by atoms with Gasteiger partial charge in [-0.15, -0.1) is 0 Å². The van der Waals surface area contributed by atoms with E-state index in [1.165, 1.54) is 0 Å². The molecule has 5 rings (SSSR count). The lowest BCUT2D eigenvalue weighted by atomic mass is 10.0. The highest BCUT2D eigenvalue weighted by molar-refractivity contribution is 6.35. The Morgan fingerprint density at radius 3 is 2.79 bits per heavy atom. The number of pyridine rings is 1. The number of fused-ring (bicyclic) bond motifs is 1. The molecule has 2 amide bonds. The van der Waals surface area contributed by atoms with E-state index in [0.29, 0.717) is 33.2 Å². The molecular weight excluding hydrogens is 454 g/mol. The van der Waals surface area contributed by atoms with Crippen LogP contribution in [0, 0.1) is 0 Å². The van der Waals surface area contributed by atoms with E-state index in [-0.39, 0.29) is 23.7 Å². The number of anilines is 2. The minimum absolute atomic E-state index is 0.0678. The molecule has 1 fully saturated rings. The Hall–Kier alpha value is -3.76. The molecule has 10 nitrogen and oxygen atoms in total. The van der Waals surface area contributed by atoms with Crippen LogP contribution in [0.15, 0.2) is 42.7 Å². The van der Waals surface area contributed by atoms with Gasteiger partial charge in [0.1, 0.15) is 17.1 Å². The van der Waals surface area contributed by atoms with Crippen molar-refractivity contribution in [2.75, 3.05) is 31.2 Å². The van der Waals surface area contributed by atoms with E-state index in [9.17, 15) is 4.79 Å². The number of amides is 2. The molecule has 1 unspecified atom stereocenters. The van der Waals surface area contributed by atoms with Gasteiger partial charge in [0.15, 0.2) is 11.6 Å². The summed E-state index contributed by atoms with van der Waals surface area (Å²) in [5.41, 5.74) is 9.20. The zero-order valence-corrected chi connectivity index (χ0v) is 19.5. The van der Waals surface area contributed by atoms with Crippen LogP contribution in [-0.4, -0.2) is 61.8 Å². The maximum atomic E-state index is 12.7. The zero-order valence-electron chi connectivity index (χ0n) is 18.8. The Labute approximate surface area is 201 Å². The van der Waals surface area contributed by atoms with E-state index >= 15 is 0 Å². The highest BCUT2D eigenvalue weighted by atomic mass is 35.5. The van der Waals surface area contributed by atoms with Crippen LogP contribution in [-0.2, 0) is 7.05 Å². The zero-order chi connectivity index (χ0) is 23.8. The largest absolute Gasteiger partial charge is 0.381 e. The molecule has 174 valence electrons. The Balaban J connectivity index is 1.56. The van der Waals surface area contributed by atoms with Crippen molar-refractivity contribution in [3.8, 4) is 22.6 Å². The highest BCUT2D eigenvalue weighted by Gasteiger charge is 2.23. The molecule has 11 heteroatoms. The number of likely N-dealkylation sites (tertiary alicyclic amines) is 1. The topological polar surface area (TPSA) is 127 Å². The molecule has 1 atom stereocenters. The van der Waals surface area contributed by atoms with Gasteiger partial charge in [0.05, 0.1) is 10.5 Å². The minimum atomic E-state index is -0.376. The van der Waals surface area contributed by atoms with Gasteiger partial charge in [0, 0.05) is 43.0 Å². The molecule has 3 aromatic heterocycles. The number of rotatable bonds is 4. The average molecular weight is 478 g/mol. The van der Waals surface area contributed by atoms with Crippen LogP contribution in [0.3, 0.4) is 0 Å². The van der Waals surface area contributed by atoms with Crippen LogP contribution in [0.2, 0.25) is 5.02 Å². The smallest absolute Gasteiger partial charge is 0.320 e. The maximum absolute atomic E-state index is 12.7. The van der Waals surface area contributed by atoms with E-state index < -0.39 is 0 Å². The van der Waals surface area contributed by atoms with Gasteiger partial charge in [-0.1, -0.05) is 17.7 Å². The number of hydrogen-bond acceptors (Lipinski definition) is 7. The molecule has 1 aliphatic heterocycles. The number of hydrogen-bond donors (Lipinski definition) is 3. The van der Waals surface area contributed by atoms with Crippen LogP contribution < -0.4 is 16.4 Å². The number of nitrogens with two attached hydrogens (primary N) is 1. The van der Waals surface area contributed by atoms with Crippen LogP contribution in [0.25, 0.3) is 33.5 Å². The van der Waals surface area contributed by atoms with E-state index in [2.05, 4.69) is 30.6 Å². The van der Waals surface area contributed by atoms with Gasteiger partial charge in [-0.25, -0.2) is 14.8 Å². The summed E-state index contributed by atoms with van der Waals surface area (Å²) in [5, 5.41) is 11.5. The molecule has 0 bridgehead atoms. The quantitative estimate of drug-likeness (QED) is 0.412. The number of halogens is 1. The average Bonchev–Trinajstić information content (AvgIpc) is 3.42. The summed E-state index contributed by atoms with van der Waals surface area (Å²) < 4.78 is 1.67. The maximum Gasteiger partial charge on any atom is 0.320 e. The Morgan fingerprint density at radius 2 is 2.06 bits per heavy atom. The number of nitrogens with zero attached hydrogens (tertiary/aromatic N) is 6. The van der Waals surface area contributed by atoms with Crippen molar-refractivity contribution in [3.05, 3.63) is 47.7 Å². The summed E-state index contributed by atoms with van der Waals surface area (Å²) in [6.07, 6.45) is 4.39. The second-order valence-corrected chi connectivity index (χ2v) is 8.82. The van der Waals surface area contributed by atoms with E-state index in [1.54, 1.807) is 16.9 Å². The van der Waals surface area contributed by atoms with Gasteiger partial charge in [-0.3, -0.25) is 15.0 Å². The van der Waals surface area contributed by atoms with Crippen molar-refractivity contribution in [1.82, 2.24) is 34.9 Å². The summed E-state index contributed by atoms with van der Waals surface area (Å²) in [6.45, 7) is 1.73. The summed E-state index contributed by atoms with van der Waals surface area (Å²) in [7, 11) is 3.84. The van der Waals surface area contributed by atoms with Crippen molar-refractivity contribution < 1.29 is 4.79 Å². The monoisotopic (exact) mass is 477 g/mol. The second kappa shape index (κ2) is 8.88. The fourth-order valence-electron chi connectivity index (χ4n) is 4.13. The van der Waals surface area contributed by atoms with E-state index in [0.717, 1.165) is 24.9 Å². The highest BCUT2D eigenvalue weighted by Crippen LogP contribution is 2.35. The number of carbonyl (C=O) groups excluding carboxylic acids is 1. The van der Waals surface area contributed by atoms with Gasteiger partial charge in [-0.2, -0.15) is 5.10 Å². The first kappa shape index (κ1) is 22.1. The van der Waals surface area contributed by atoms with Crippen molar-refractivity contribution in [2.45, 2.75) is 12.5 Å². The Bertz CT molecular complexity index is 1390. The van der Waals surface area contributed by atoms with Crippen LogP contribution in [0.5, 0.6) is 0 Å². The number of nitrogen functional groups attached to an aromatic ring is 1. The molecule has 1 aliphatic rings. The van der Waals surface area contributed by atoms with Crippen LogP contribution in [0.4, 0.5) is 16.4 Å². The molecule has 4 aromatic rings. The molecule has 1 saturated heterocycles. The fraction of sp³-hybridized carbons (Fsp3) is 0.261. The number of aryl methyl sites for hydroxylation is 1. The first-order valence-electron chi connectivity index (χ1n) is 10.9. The number of carbonyl (C=O) groups is 1. The number of nitrogens with one attached hydrogen (secondary N) is 2. The lowest BCUT2D eigenvalue weighted by Crippen LogP contribution is -2.39. The molecule has 1 aromatic carbocycles. The summed E-state index contributed by atoms with van der Waals surface area (Å²) in [4.78, 5) is 28.4. The van der Waals surface area contributed by atoms with Crippen molar-refractivity contribution >= 4 is 40.2 Å². The molecule has 0 saturated carbocycles. The van der Waals surface area contributed by atoms with Gasteiger partial charge in [0.2, 0.25) is 0 Å². The minimum Gasteiger partial charge on any atom is -0.381 e. The lowest BCUT2D eigenvalue weighted by molar-refractivity contribution is 0.248. The van der Waals surface area contributed by atoms with Gasteiger partial charge in [0.25, 0.3) is 0 Å². The fourth-order valence-corrected chi connectivity index (χ4v) is 4.40. The molecule has 0 radical (unpaired) electrons. The van der Waals surface area contributed by atoms with E-state index in [1.807, 2.05) is 44.6 Å². The summed E-state index contributed by atoms with van der Waals surface area (Å²) >= 11 is 6.54. The molecule has 34 heavy (non-hydrogen) atoms. The summed E-state index contributed by atoms with van der Waals surface area (Å²) in [5.74, 6) is 0.262. The Morgan fingerprint density at radius 1 is 1.21 bits per heavy atom. The first-order chi connectivity index (χ1) is 16.4. The number of aromatic nitrogens is 5. The molecule has 4 heterocycles. The van der Waals surface area contributed by atoms with E-state index in [4.69, 9.17) is 22.3 Å². The molecule has 0 spiro atoms. The normalized spacial score (nSPS) is 16.1. The standard InChI is InChI=1S/C23H24ClN9O/c1-32-8-5-15(12-32)27-23(34)30-22-21(25)28-20(17-6-9-33(2)31-17)19(29-22)14-10-13-4-3-7-26-18(13)16(24)11-14/h3-4,6-7,9-11,15H,5,8,12H2,1-2H3,(H2,25,28)(H2,27,29,30,34).